The summed E-state index contributed by atoms with van der Waals surface area (Å²) in [6.45, 7) is 0.581. The van der Waals surface area contributed by atoms with Crippen molar-refractivity contribution in [2.45, 2.75) is 13.1 Å². The Bertz CT molecular complexity index is 1320. The van der Waals surface area contributed by atoms with Gasteiger partial charge in [-0.2, -0.15) is 0 Å². The van der Waals surface area contributed by atoms with Gasteiger partial charge >= 0.3 is 0 Å². The summed E-state index contributed by atoms with van der Waals surface area (Å²) in [6, 6.07) is 15.2. The summed E-state index contributed by atoms with van der Waals surface area (Å²) in [5.74, 6) is 0.857. The summed E-state index contributed by atoms with van der Waals surface area (Å²) in [6.07, 6.45) is 1.68. The highest BCUT2D eigenvalue weighted by Gasteiger charge is 2.18. The van der Waals surface area contributed by atoms with Crippen LogP contribution in [0.15, 0.2) is 60.8 Å². The zero-order valence-electron chi connectivity index (χ0n) is 17.0. The van der Waals surface area contributed by atoms with Crippen LogP contribution in [0, 0.1) is 10.1 Å². The Kier molecular flexibility index (Phi) is 6.00. The molecular weight excluding hydrogens is 434 g/mol. The number of nitrogens with one attached hydrogen (secondary N) is 1. The van der Waals surface area contributed by atoms with Gasteiger partial charge in [0.25, 0.3) is 11.6 Å². The van der Waals surface area contributed by atoms with Gasteiger partial charge in [0.2, 0.25) is 0 Å². The van der Waals surface area contributed by atoms with Crippen LogP contribution in [0.3, 0.4) is 0 Å². The van der Waals surface area contributed by atoms with Crippen LogP contribution in [-0.2, 0) is 13.1 Å². The lowest BCUT2D eigenvalue weighted by atomic mass is 10.2. The van der Waals surface area contributed by atoms with E-state index in [1.807, 2.05) is 34.9 Å². The van der Waals surface area contributed by atoms with E-state index >= 15 is 0 Å². The molecule has 0 bridgehead atoms. The van der Waals surface area contributed by atoms with E-state index in [1.165, 1.54) is 12.1 Å². The van der Waals surface area contributed by atoms with Gasteiger partial charge in [-0.05, 0) is 42.0 Å². The molecule has 0 atom stereocenters. The average Bonchev–Trinajstić information content (AvgIpc) is 3.15. The molecule has 0 radical (unpaired) electrons. The third kappa shape index (κ3) is 4.37. The number of hydrogen-bond acceptors (Lipinski definition) is 6. The third-order valence-electron chi connectivity index (χ3n) is 4.87. The normalized spacial score (nSPS) is 10.8. The smallest absolute Gasteiger partial charge is 0.288 e. The maximum absolute atomic E-state index is 12.6. The average molecular weight is 452 g/mol. The lowest BCUT2D eigenvalue weighted by Crippen LogP contribution is -2.25. The van der Waals surface area contributed by atoms with E-state index in [0.29, 0.717) is 23.5 Å². The number of rotatable bonds is 7. The summed E-state index contributed by atoms with van der Waals surface area (Å²) in [5, 5.41) is 13.8. The van der Waals surface area contributed by atoms with Crippen molar-refractivity contribution in [3.8, 4) is 5.75 Å². The first-order valence-corrected chi connectivity index (χ1v) is 9.99. The van der Waals surface area contributed by atoms with Crippen LogP contribution in [0.5, 0.6) is 5.75 Å². The Morgan fingerprint density at radius 3 is 2.84 bits per heavy atom. The molecule has 1 amide bonds. The number of imidazole rings is 1. The number of carbonyl (C=O) groups is 1. The van der Waals surface area contributed by atoms with E-state index in [2.05, 4.69) is 15.3 Å². The second-order valence-corrected chi connectivity index (χ2v) is 7.33. The highest BCUT2D eigenvalue weighted by molar-refractivity contribution is 6.32. The van der Waals surface area contributed by atoms with Crippen molar-refractivity contribution in [2.24, 2.45) is 0 Å². The summed E-state index contributed by atoms with van der Waals surface area (Å²) < 4.78 is 7.21. The quantitative estimate of drug-likeness (QED) is 0.336. The largest absolute Gasteiger partial charge is 0.497 e. The number of ether oxygens (including phenoxy) is 1. The Hall–Kier alpha value is -3.98. The van der Waals surface area contributed by atoms with Gasteiger partial charge in [0.15, 0.2) is 5.65 Å². The molecule has 9 nitrogen and oxygen atoms in total. The molecule has 1 N–H and O–H groups in total. The number of methoxy groups -OCH3 is 1. The second-order valence-electron chi connectivity index (χ2n) is 6.92. The standard InChI is InChI=1S/C22H18ClN5O4/c1-32-16-5-2-4-14(10-16)13-27-20(26-18-6-3-9-24-21(18)27)12-25-22(29)15-7-8-17(23)19(11-15)28(30)31/h2-11H,12-13H2,1H3,(H,25,29). The fraction of sp³-hybridized carbons (Fsp3) is 0.136. The number of nitrogens with zero attached hydrogens (tertiary/aromatic N) is 4. The van der Waals surface area contributed by atoms with E-state index in [4.69, 9.17) is 16.3 Å². The number of benzene rings is 2. The first kappa shape index (κ1) is 21.3. The van der Waals surface area contributed by atoms with Gasteiger partial charge < -0.3 is 14.6 Å². The Morgan fingerprint density at radius 2 is 2.06 bits per heavy atom. The van der Waals surface area contributed by atoms with Crippen molar-refractivity contribution in [3.63, 3.8) is 0 Å². The highest BCUT2D eigenvalue weighted by atomic mass is 35.5. The molecule has 2 heterocycles. The van der Waals surface area contributed by atoms with E-state index in [0.717, 1.165) is 17.4 Å². The zero-order chi connectivity index (χ0) is 22.7. The van der Waals surface area contributed by atoms with Crippen molar-refractivity contribution in [3.05, 3.63) is 92.9 Å². The number of carbonyl (C=O) groups excluding carboxylic acids is 1. The minimum absolute atomic E-state index is 0.0299. The first-order valence-electron chi connectivity index (χ1n) is 9.61. The topological polar surface area (TPSA) is 112 Å². The number of hydrogen-bond donors (Lipinski definition) is 1. The second kappa shape index (κ2) is 9.03. The van der Waals surface area contributed by atoms with Gasteiger partial charge in [0.05, 0.1) is 25.1 Å². The number of halogens is 1. The molecule has 2 aromatic carbocycles. The van der Waals surface area contributed by atoms with E-state index < -0.39 is 10.8 Å². The Morgan fingerprint density at radius 1 is 1.22 bits per heavy atom. The van der Waals surface area contributed by atoms with Gasteiger partial charge in [0, 0.05) is 17.8 Å². The molecule has 162 valence electrons. The van der Waals surface area contributed by atoms with E-state index in [-0.39, 0.29) is 22.8 Å². The molecule has 0 aliphatic heterocycles. The highest BCUT2D eigenvalue weighted by Crippen LogP contribution is 2.25. The monoisotopic (exact) mass is 451 g/mol. The van der Waals surface area contributed by atoms with Gasteiger partial charge in [-0.25, -0.2) is 9.97 Å². The first-order chi connectivity index (χ1) is 15.5. The molecule has 0 saturated heterocycles. The number of pyridine rings is 1. The number of amides is 1. The summed E-state index contributed by atoms with van der Waals surface area (Å²) in [7, 11) is 1.61. The maximum atomic E-state index is 12.6. The van der Waals surface area contributed by atoms with Crippen LogP contribution in [0.1, 0.15) is 21.7 Å². The van der Waals surface area contributed by atoms with Gasteiger partial charge in [-0.1, -0.05) is 23.7 Å². The number of nitro benzene ring substituents is 1. The van der Waals surface area contributed by atoms with Gasteiger partial charge in [-0.15, -0.1) is 0 Å². The molecule has 2 aromatic heterocycles. The Balaban J connectivity index is 1.60. The predicted molar refractivity (Wildman–Crippen MR) is 119 cm³/mol. The van der Waals surface area contributed by atoms with Crippen molar-refractivity contribution in [2.75, 3.05) is 7.11 Å². The van der Waals surface area contributed by atoms with Crippen LogP contribution in [0.25, 0.3) is 11.2 Å². The minimum atomic E-state index is -0.627. The summed E-state index contributed by atoms with van der Waals surface area (Å²) in [5.41, 5.74) is 2.17. The third-order valence-corrected chi connectivity index (χ3v) is 5.19. The van der Waals surface area contributed by atoms with E-state index in [9.17, 15) is 14.9 Å². The molecule has 0 aliphatic rings. The van der Waals surface area contributed by atoms with Crippen molar-refractivity contribution < 1.29 is 14.5 Å². The SMILES string of the molecule is COc1cccc(Cn2c(CNC(=O)c3ccc(Cl)c([N+](=O)[O-])c3)nc3cccnc32)c1. The molecular formula is C22H18ClN5O4. The molecule has 0 aliphatic carbocycles. The lowest BCUT2D eigenvalue weighted by Gasteiger charge is -2.11. The lowest BCUT2D eigenvalue weighted by molar-refractivity contribution is -0.384. The molecule has 0 fully saturated rings. The molecule has 4 rings (SSSR count). The van der Waals surface area contributed by atoms with Crippen molar-refractivity contribution in [1.29, 1.82) is 0 Å². The zero-order valence-corrected chi connectivity index (χ0v) is 17.7. The fourth-order valence-electron chi connectivity index (χ4n) is 3.32. The van der Waals surface area contributed by atoms with Crippen LogP contribution in [-0.4, -0.2) is 32.5 Å². The van der Waals surface area contributed by atoms with Crippen molar-refractivity contribution >= 4 is 34.4 Å². The molecule has 32 heavy (non-hydrogen) atoms. The molecule has 0 unspecified atom stereocenters. The van der Waals surface area contributed by atoms with Gasteiger partial charge in [-0.3, -0.25) is 14.9 Å². The van der Waals surface area contributed by atoms with Crippen LogP contribution in [0.2, 0.25) is 5.02 Å². The number of fused-ring (bicyclic) bond motifs is 1. The molecule has 0 saturated carbocycles. The van der Waals surface area contributed by atoms with Crippen LogP contribution < -0.4 is 10.1 Å². The van der Waals surface area contributed by atoms with Gasteiger partial charge in [0.1, 0.15) is 22.1 Å². The molecule has 4 aromatic rings. The molecule has 10 heteroatoms. The number of aromatic nitrogens is 3. The predicted octanol–water partition coefficient (Wildman–Crippen LogP) is 3.98. The van der Waals surface area contributed by atoms with Crippen LogP contribution in [0.4, 0.5) is 5.69 Å². The van der Waals surface area contributed by atoms with E-state index in [1.54, 1.807) is 19.4 Å². The minimum Gasteiger partial charge on any atom is -0.497 e. The fourth-order valence-corrected chi connectivity index (χ4v) is 3.50. The van der Waals surface area contributed by atoms with Crippen LogP contribution >= 0.6 is 11.6 Å². The summed E-state index contributed by atoms with van der Waals surface area (Å²) >= 11 is 5.83. The summed E-state index contributed by atoms with van der Waals surface area (Å²) in [4.78, 5) is 32.1. The van der Waals surface area contributed by atoms with Crippen molar-refractivity contribution in [1.82, 2.24) is 19.9 Å². The number of nitro groups is 1. The molecule has 0 spiro atoms. The Labute approximate surface area is 187 Å². The maximum Gasteiger partial charge on any atom is 0.288 e.